The fourth-order valence-electron chi connectivity index (χ4n) is 1.45. The van der Waals surface area contributed by atoms with Crippen molar-refractivity contribution < 1.29 is 18.3 Å². The van der Waals surface area contributed by atoms with Gasteiger partial charge in [0.15, 0.2) is 5.78 Å². The summed E-state index contributed by atoms with van der Waals surface area (Å²) in [6, 6.07) is 2.73. The molecule has 15 heavy (non-hydrogen) atoms. The van der Waals surface area contributed by atoms with Crippen LogP contribution in [0, 0.1) is 0 Å². The van der Waals surface area contributed by atoms with E-state index in [1.165, 1.54) is 12.1 Å². The second-order valence-electron chi connectivity index (χ2n) is 3.06. The summed E-state index contributed by atoms with van der Waals surface area (Å²) < 4.78 is 27.9. The molecule has 1 heterocycles. The summed E-state index contributed by atoms with van der Waals surface area (Å²) in [6.45, 7) is -2.90. The Morgan fingerprint density at radius 2 is 2.27 bits per heavy atom. The van der Waals surface area contributed by atoms with Crippen LogP contribution in [0.5, 0.6) is 5.88 Å². The molecule has 0 saturated heterocycles. The van der Waals surface area contributed by atoms with Crippen LogP contribution in [0.1, 0.15) is 16.1 Å². The minimum absolute atomic E-state index is 0.0684. The van der Waals surface area contributed by atoms with Gasteiger partial charge in [-0.1, -0.05) is 15.9 Å². The fourth-order valence-corrected chi connectivity index (χ4v) is 2.00. The van der Waals surface area contributed by atoms with Gasteiger partial charge in [0, 0.05) is 18.1 Å². The first-order chi connectivity index (χ1) is 7.08. The number of Topliss-reactive ketones (excluding diaryl/α,β-unsaturated/α-hetero) is 1. The molecule has 1 atom stereocenters. The molecule has 1 aliphatic rings. The summed E-state index contributed by atoms with van der Waals surface area (Å²) >= 11 is 3.18. The molecule has 1 aromatic heterocycles. The topological polar surface area (TPSA) is 39.2 Å². The molecule has 0 radical (unpaired) electrons. The number of ether oxygens (including phenoxy) is 1. The lowest BCUT2D eigenvalue weighted by Crippen LogP contribution is -2.06. The lowest BCUT2D eigenvalue weighted by Gasteiger charge is -2.04. The average Bonchev–Trinajstić information content (AvgIpc) is 2.41. The van der Waals surface area contributed by atoms with Crippen LogP contribution in [0.2, 0.25) is 0 Å². The first-order valence-corrected chi connectivity index (χ1v) is 5.12. The number of carbonyl (C=O) groups is 1. The first-order valence-electron chi connectivity index (χ1n) is 4.21. The molecule has 0 aliphatic heterocycles. The van der Waals surface area contributed by atoms with Crippen molar-refractivity contribution in [3.8, 4) is 5.88 Å². The third kappa shape index (κ3) is 1.99. The summed E-state index contributed by atoms with van der Waals surface area (Å²) in [6.07, 6.45) is 0.411. The fraction of sp³-hybridized carbons (Fsp3) is 0.333. The van der Waals surface area contributed by atoms with Gasteiger partial charge in [-0.2, -0.15) is 8.78 Å². The Kier molecular flexibility index (Phi) is 2.68. The molecule has 1 aliphatic carbocycles. The molecule has 6 heteroatoms. The van der Waals surface area contributed by atoms with Gasteiger partial charge in [0.25, 0.3) is 0 Å². The van der Waals surface area contributed by atoms with Crippen LogP contribution in [0.15, 0.2) is 12.1 Å². The third-order valence-electron chi connectivity index (χ3n) is 2.08. The Bertz CT molecular complexity index is 411. The van der Waals surface area contributed by atoms with Gasteiger partial charge in [-0.15, -0.1) is 0 Å². The van der Waals surface area contributed by atoms with E-state index in [0.717, 1.165) is 0 Å². The van der Waals surface area contributed by atoms with Crippen LogP contribution in [-0.2, 0) is 6.42 Å². The summed E-state index contributed by atoms with van der Waals surface area (Å²) in [5, 5.41) is 0. The quantitative estimate of drug-likeness (QED) is 0.778. The van der Waals surface area contributed by atoms with E-state index in [1.807, 2.05) is 0 Å². The van der Waals surface area contributed by atoms with Crippen molar-refractivity contribution in [2.75, 3.05) is 0 Å². The van der Waals surface area contributed by atoms with Gasteiger partial charge >= 0.3 is 6.61 Å². The molecule has 1 aromatic rings. The normalized spacial score (nSPS) is 19.5. The molecule has 0 saturated carbocycles. The zero-order valence-corrected chi connectivity index (χ0v) is 9.00. The van der Waals surface area contributed by atoms with E-state index in [-0.39, 0.29) is 16.5 Å². The highest BCUT2D eigenvalue weighted by atomic mass is 79.9. The minimum Gasteiger partial charge on any atom is -0.417 e. The van der Waals surface area contributed by atoms with Crippen LogP contribution in [0.4, 0.5) is 8.78 Å². The van der Waals surface area contributed by atoms with Gasteiger partial charge in [-0.25, -0.2) is 4.98 Å². The van der Waals surface area contributed by atoms with Crippen molar-refractivity contribution in [2.45, 2.75) is 17.9 Å². The van der Waals surface area contributed by atoms with Crippen molar-refractivity contribution in [1.29, 1.82) is 0 Å². The number of nitrogens with zero attached hydrogens (tertiary/aromatic N) is 1. The van der Waals surface area contributed by atoms with Crippen molar-refractivity contribution in [2.24, 2.45) is 0 Å². The lowest BCUT2D eigenvalue weighted by atomic mass is 10.2. The largest absolute Gasteiger partial charge is 0.417 e. The minimum atomic E-state index is -2.90. The molecule has 0 bridgehead atoms. The van der Waals surface area contributed by atoms with E-state index >= 15 is 0 Å². The highest BCUT2D eigenvalue weighted by Crippen LogP contribution is 2.27. The first kappa shape index (κ1) is 10.5. The standard InChI is InChI=1S/C9H6BrF2NO2/c10-5-3-6-4(8(5)14)1-2-7(13-6)15-9(11)12/h1-2,5,9H,3H2/t5-/m0/s1. The van der Waals surface area contributed by atoms with Crippen molar-refractivity contribution in [3.05, 3.63) is 23.4 Å². The van der Waals surface area contributed by atoms with Crippen LogP contribution >= 0.6 is 15.9 Å². The average molecular weight is 278 g/mol. The van der Waals surface area contributed by atoms with E-state index < -0.39 is 6.61 Å². The third-order valence-corrected chi connectivity index (χ3v) is 2.82. The molecule has 80 valence electrons. The van der Waals surface area contributed by atoms with Crippen LogP contribution in [-0.4, -0.2) is 22.2 Å². The van der Waals surface area contributed by atoms with Crippen LogP contribution < -0.4 is 4.74 Å². The SMILES string of the molecule is O=C1c2ccc(OC(F)F)nc2C[C@@H]1Br. The number of pyridine rings is 1. The molecule has 3 nitrogen and oxygen atoms in total. The Balaban J connectivity index is 2.29. The molecule has 0 unspecified atom stereocenters. The molecule has 0 spiro atoms. The summed E-state index contributed by atoms with van der Waals surface area (Å²) in [5.74, 6) is -0.223. The maximum absolute atomic E-state index is 11.9. The Morgan fingerprint density at radius 3 is 2.93 bits per heavy atom. The number of alkyl halides is 3. The maximum Gasteiger partial charge on any atom is 0.388 e. The predicted molar refractivity (Wildman–Crippen MR) is 51.6 cm³/mol. The Hall–Kier alpha value is -1.04. The Labute approximate surface area is 92.6 Å². The highest BCUT2D eigenvalue weighted by Gasteiger charge is 2.29. The van der Waals surface area contributed by atoms with Crippen molar-refractivity contribution in [3.63, 3.8) is 0 Å². The zero-order valence-electron chi connectivity index (χ0n) is 7.41. The number of hydrogen-bond acceptors (Lipinski definition) is 3. The van der Waals surface area contributed by atoms with Crippen LogP contribution in [0.3, 0.4) is 0 Å². The number of hydrogen-bond donors (Lipinski definition) is 0. The second kappa shape index (κ2) is 3.84. The van der Waals surface area contributed by atoms with E-state index in [2.05, 4.69) is 25.7 Å². The van der Waals surface area contributed by atoms with E-state index in [0.29, 0.717) is 17.7 Å². The van der Waals surface area contributed by atoms with E-state index in [4.69, 9.17) is 0 Å². The summed E-state index contributed by atoms with van der Waals surface area (Å²) in [5.41, 5.74) is 0.971. The number of ketones is 1. The highest BCUT2D eigenvalue weighted by molar-refractivity contribution is 9.10. The van der Waals surface area contributed by atoms with Gasteiger partial charge in [0.1, 0.15) is 0 Å². The van der Waals surface area contributed by atoms with Gasteiger partial charge < -0.3 is 4.74 Å². The van der Waals surface area contributed by atoms with E-state index in [1.54, 1.807) is 0 Å². The van der Waals surface area contributed by atoms with Crippen molar-refractivity contribution >= 4 is 21.7 Å². The zero-order chi connectivity index (χ0) is 11.0. The predicted octanol–water partition coefficient (Wildman–Crippen LogP) is 2.19. The number of halogens is 3. The molecule has 2 rings (SSSR count). The molecule has 0 N–H and O–H groups in total. The lowest BCUT2D eigenvalue weighted by molar-refractivity contribution is -0.0529. The molecule has 0 fully saturated rings. The number of rotatable bonds is 2. The molecule has 0 amide bonds. The molecule has 0 aromatic carbocycles. The maximum atomic E-state index is 11.9. The second-order valence-corrected chi connectivity index (χ2v) is 4.16. The van der Waals surface area contributed by atoms with E-state index in [9.17, 15) is 13.6 Å². The number of aromatic nitrogens is 1. The molecular formula is C9H6BrF2NO2. The van der Waals surface area contributed by atoms with Gasteiger partial charge in [-0.05, 0) is 6.07 Å². The number of carbonyl (C=O) groups excluding carboxylic acids is 1. The summed E-state index contributed by atoms with van der Waals surface area (Å²) in [7, 11) is 0. The number of fused-ring (bicyclic) bond motifs is 1. The van der Waals surface area contributed by atoms with Gasteiger partial charge in [0.2, 0.25) is 5.88 Å². The van der Waals surface area contributed by atoms with Gasteiger partial charge in [-0.3, -0.25) is 4.79 Å². The smallest absolute Gasteiger partial charge is 0.388 e. The van der Waals surface area contributed by atoms with Crippen LogP contribution in [0.25, 0.3) is 0 Å². The monoisotopic (exact) mass is 277 g/mol. The Morgan fingerprint density at radius 1 is 1.53 bits per heavy atom. The van der Waals surface area contributed by atoms with Gasteiger partial charge in [0.05, 0.1) is 10.5 Å². The van der Waals surface area contributed by atoms with Crippen molar-refractivity contribution in [1.82, 2.24) is 4.98 Å². The molecular weight excluding hydrogens is 272 g/mol. The summed E-state index contributed by atoms with van der Waals surface area (Å²) in [4.78, 5) is 15.0.